The maximum atomic E-state index is 13.5. The number of fused-ring (bicyclic) bond motifs is 2. The average Bonchev–Trinajstić information content (AvgIpc) is 2.73. The van der Waals surface area contributed by atoms with Gasteiger partial charge < -0.3 is 9.15 Å². The molecule has 0 aliphatic heterocycles. The molecule has 6 heteroatoms. The molecule has 0 aliphatic rings. The molecule has 148 valence electrons. The topological polar surface area (TPSA) is 74.3 Å². The zero-order valence-electron chi connectivity index (χ0n) is 16.8. The summed E-state index contributed by atoms with van der Waals surface area (Å²) in [5.41, 5.74) is 0.595. The lowest BCUT2D eigenvalue weighted by atomic mass is 10.1. The summed E-state index contributed by atoms with van der Waals surface area (Å²) < 4.78 is 12.7. The fourth-order valence-corrected chi connectivity index (χ4v) is 3.60. The Morgan fingerprint density at radius 1 is 1.03 bits per heavy atom. The number of methoxy groups -OCH3 is 1. The lowest BCUT2D eigenvalue weighted by molar-refractivity contribution is 0.414. The summed E-state index contributed by atoms with van der Waals surface area (Å²) in [5.74, 6) is 1.10. The van der Waals surface area contributed by atoms with Gasteiger partial charge in [0.05, 0.1) is 18.5 Å². The van der Waals surface area contributed by atoms with Gasteiger partial charge in [0.15, 0.2) is 5.39 Å². The zero-order valence-corrected chi connectivity index (χ0v) is 16.8. The van der Waals surface area contributed by atoms with Crippen LogP contribution in [0.5, 0.6) is 5.75 Å². The van der Waals surface area contributed by atoms with Crippen LogP contribution in [0.2, 0.25) is 0 Å². The molecule has 29 heavy (non-hydrogen) atoms. The van der Waals surface area contributed by atoms with Crippen molar-refractivity contribution >= 4 is 22.1 Å². The monoisotopic (exact) mass is 390 g/mol. The largest absolute Gasteiger partial charge is 0.497 e. The van der Waals surface area contributed by atoms with E-state index in [9.17, 15) is 9.59 Å². The number of rotatable bonds is 4. The summed E-state index contributed by atoms with van der Waals surface area (Å²) in [5, 5.41) is 0.295. The molecule has 0 N–H and O–H groups in total. The van der Waals surface area contributed by atoms with Crippen molar-refractivity contribution in [2.75, 3.05) is 7.11 Å². The fourth-order valence-electron chi connectivity index (χ4n) is 3.60. The van der Waals surface area contributed by atoms with Gasteiger partial charge in [-0.25, -0.2) is 0 Å². The first-order valence-corrected chi connectivity index (χ1v) is 9.54. The van der Waals surface area contributed by atoms with Crippen molar-refractivity contribution in [2.45, 2.75) is 32.7 Å². The van der Waals surface area contributed by atoms with Gasteiger partial charge in [-0.2, -0.15) is 4.98 Å². The van der Waals surface area contributed by atoms with E-state index >= 15 is 0 Å². The Kier molecular flexibility index (Phi) is 4.70. The van der Waals surface area contributed by atoms with Gasteiger partial charge in [-0.3, -0.25) is 14.2 Å². The van der Waals surface area contributed by atoms with E-state index in [2.05, 4.69) is 4.98 Å². The summed E-state index contributed by atoms with van der Waals surface area (Å²) in [7, 11) is 1.54. The van der Waals surface area contributed by atoms with E-state index in [-0.39, 0.29) is 34.0 Å². The Hall–Kier alpha value is -3.41. The lowest BCUT2D eigenvalue weighted by Gasteiger charge is -2.21. The van der Waals surface area contributed by atoms with Crippen molar-refractivity contribution in [1.82, 2.24) is 9.55 Å². The molecule has 4 rings (SSSR count). The minimum absolute atomic E-state index is 0.0325. The van der Waals surface area contributed by atoms with E-state index in [0.29, 0.717) is 22.5 Å². The Morgan fingerprint density at radius 2 is 1.76 bits per heavy atom. The number of nitrogens with zero attached hydrogens (tertiary/aromatic N) is 2. The van der Waals surface area contributed by atoms with E-state index in [1.54, 1.807) is 29.9 Å². The molecule has 2 aromatic heterocycles. The van der Waals surface area contributed by atoms with Crippen LogP contribution < -0.4 is 15.7 Å². The highest BCUT2D eigenvalue weighted by molar-refractivity contribution is 5.88. The van der Waals surface area contributed by atoms with Crippen molar-refractivity contribution in [2.24, 2.45) is 0 Å². The van der Waals surface area contributed by atoms with Gasteiger partial charge in [0.1, 0.15) is 17.2 Å². The summed E-state index contributed by atoms with van der Waals surface area (Å²) in [4.78, 5) is 31.2. The van der Waals surface area contributed by atoms with E-state index in [1.807, 2.05) is 51.1 Å². The molecular formula is C23H22N2O4. The van der Waals surface area contributed by atoms with Crippen molar-refractivity contribution in [3.8, 4) is 5.75 Å². The van der Waals surface area contributed by atoms with Crippen LogP contribution in [0.4, 0.5) is 0 Å². The Bertz CT molecular complexity index is 1320. The SMILES string of the molecule is COc1ccc2c(=O)c3c(=O)n(C(C)c4ccccc4)c(C(C)C)nc3oc2c1. The minimum atomic E-state index is -0.387. The fraction of sp³-hybridized carbons (Fsp3) is 0.261. The Morgan fingerprint density at radius 3 is 2.41 bits per heavy atom. The summed E-state index contributed by atoms with van der Waals surface area (Å²) >= 11 is 0. The van der Waals surface area contributed by atoms with Crippen LogP contribution in [0.15, 0.2) is 62.5 Å². The molecule has 6 nitrogen and oxygen atoms in total. The first-order valence-electron chi connectivity index (χ1n) is 9.54. The predicted molar refractivity (Wildman–Crippen MR) is 113 cm³/mol. The van der Waals surface area contributed by atoms with E-state index in [4.69, 9.17) is 9.15 Å². The molecule has 0 fully saturated rings. The molecule has 1 atom stereocenters. The molecule has 0 radical (unpaired) electrons. The van der Waals surface area contributed by atoms with Crippen LogP contribution in [0, 0.1) is 0 Å². The van der Waals surface area contributed by atoms with E-state index in [1.165, 1.54) is 0 Å². The summed E-state index contributed by atoms with van der Waals surface area (Å²) in [6.45, 7) is 5.86. The maximum absolute atomic E-state index is 13.5. The Labute approximate surface area is 167 Å². The molecular weight excluding hydrogens is 368 g/mol. The van der Waals surface area contributed by atoms with Crippen LogP contribution >= 0.6 is 0 Å². The number of aromatic nitrogens is 2. The van der Waals surface area contributed by atoms with Gasteiger partial charge in [-0.15, -0.1) is 0 Å². The van der Waals surface area contributed by atoms with Crippen LogP contribution in [-0.4, -0.2) is 16.7 Å². The molecule has 0 saturated heterocycles. The first kappa shape index (κ1) is 18.9. The van der Waals surface area contributed by atoms with Crippen molar-refractivity contribution in [1.29, 1.82) is 0 Å². The first-order chi connectivity index (χ1) is 13.9. The third-order valence-corrected chi connectivity index (χ3v) is 5.16. The van der Waals surface area contributed by atoms with Crippen LogP contribution in [0.1, 0.15) is 44.1 Å². The highest BCUT2D eigenvalue weighted by Gasteiger charge is 2.23. The van der Waals surface area contributed by atoms with Crippen molar-refractivity contribution in [3.63, 3.8) is 0 Å². The molecule has 0 bridgehead atoms. The number of ether oxygens (including phenoxy) is 1. The van der Waals surface area contributed by atoms with Gasteiger partial charge in [0.2, 0.25) is 11.1 Å². The number of hydrogen-bond acceptors (Lipinski definition) is 5. The van der Waals surface area contributed by atoms with Gasteiger partial charge in [-0.1, -0.05) is 44.2 Å². The predicted octanol–water partition coefficient (Wildman–Crippen LogP) is 4.24. The van der Waals surface area contributed by atoms with Crippen molar-refractivity contribution in [3.05, 3.63) is 80.5 Å². The maximum Gasteiger partial charge on any atom is 0.269 e. The standard InChI is InChI=1S/C23H22N2O4/c1-13(2)21-24-22-19(20(26)17-11-10-16(28-4)12-18(17)29-22)23(27)25(21)14(3)15-8-6-5-7-9-15/h5-14H,1-4H3. The Balaban J connectivity index is 2.09. The second kappa shape index (κ2) is 7.20. The second-order valence-electron chi connectivity index (χ2n) is 7.36. The van der Waals surface area contributed by atoms with Gasteiger partial charge >= 0.3 is 0 Å². The van der Waals surface area contributed by atoms with Gasteiger partial charge in [0, 0.05) is 12.0 Å². The van der Waals surface area contributed by atoms with Crippen LogP contribution in [-0.2, 0) is 0 Å². The third kappa shape index (κ3) is 3.10. The highest BCUT2D eigenvalue weighted by atomic mass is 16.5. The van der Waals surface area contributed by atoms with E-state index in [0.717, 1.165) is 5.56 Å². The normalized spacial score (nSPS) is 12.6. The molecule has 0 spiro atoms. The molecule has 0 amide bonds. The van der Waals surface area contributed by atoms with Gasteiger partial charge in [0.25, 0.3) is 5.56 Å². The third-order valence-electron chi connectivity index (χ3n) is 5.16. The van der Waals surface area contributed by atoms with Crippen molar-refractivity contribution < 1.29 is 9.15 Å². The molecule has 1 unspecified atom stereocenters. The smallest absolute Gasteiger partial charge is 0.269 e. The van der Waals surface area contributed by atoms with Gasteiger partial charge in [-0.05, 0) is 24.6 Å². The highest BCUT2D eigenvalue weighted by Crippen LogP contribution is 2.25. The lowest BCUT2D eigenvalue weighted by Crippen LogP contribution is -2.32. The molecule has 2 heterocycles. The zero-order chi connectivity index (χ0) is 20.7. The summed E-state index contributed by atoms with van der Waals surface area (Å²) in [6, 6.07) is 14.3. The minimum Gasteiger partial charge on any atom is -0.497 e. The molecule has 0 saturated carbocycles. The van der Waals surface area contributed by atoms with E-state index < -0.39 is 0 Å². The summed E-state index contributed by atoms with van der Waals surface area (Å²) in [6.07, 6.45) is 0. The number of benzene rings is 2. The molecule has 4 aromatic rings. The second-order valence-corrected chi connectivity index (χ2v) is 7.36. The molecule has 0 aliphatic carbocycles. The quantitative estimate of drug-likeness (QED) is 0.487. The molecule has 2 aromatic carbocycles. The number of hydrogen-bond donors (Lipinski definition) is 0. The van der Waals surface area contributed by atoms with Crippen LogP contribution in [0.25, 0.3) is 22.1 Å². The van der Waals surface area contributed by atoms with Crippen LogP contribution in [0.3, 0.4) is 0 Å². The average molecular weight is 390 g/mol.